The van der Waals surface area contributed by atoms with Crippen LogP contribution in [-0.2, 0) is 0 Å². The predicted molar refractivity (Wildman–Crippen MR) is 38.3 cm³/mol. The van der Waals surface area contributed by atoms with E-state index in [1.165, 1.54) is 0 Å². The molecule has 0 aliphatic rings. The molecule has 0 saturated carbocycles. The van der Waals surface area contributed by atoms with E-state index >= 15 is 0 Å². The van der Waals surface area contributed by atoms with Crippen LogP contribution in [0.3, 0.4) is 0 Å². The van der Waals surface area contributed by atoms with Crippen molar-refractivity contribution in [1.82, 2.24) is 0 Å². The first-order valence-corrected chi connectivity index (χ1v) is 1.32. The van der Waals surface area contributed by atoms with Gasteiger partial charge in [-0.15, -0.1) is 0 Å². The summed E-state index contributed by atoms with van der Waals surface area (Å²) in [7, 11) is 0. The first-order valence-electron chi connectivity index (χ1n) is 1.32. The second-order valence-corrected chi connectivity index (χ2v) is 0.577. The number of hydrogen-bond donors (Lipinski definition) is 2. The molecule has 4 radical (unpaired) electrons. The van der Waals surface area contributed by atoms with Gasteiger partial charge in [0.1, 0.15) is 0 Å². The van der Waals surface area contributed by atoms with Gasteiger partial charge in [-0.2, -0.15) is 0 Å². The normalized spacial score (nSPS) is 3.33. The summed E-state index contributed by atoms with van der Waals surface area (Å²) >= 11 is 0. The fraction of sp³-hybridized carbons (Fsp3) is 1.00. The van der Waals surface area contributed by atoms with Gasteiger partial charge < -0.3 is 33.4 Å². The quantitative estimate of drug-likeness (QED) is 0.408. The first-order chi connectivity index (χ1) is 1.91. The summed E-state index contributed by atoms with van der Waals surface area (Å²) in [5.41, 5.74) is 9.81. The molecule has 0 bridgehead atoms. The Bertz CT molecular complexity index is 18.5. The van der Waals surface area contributed by atoms with Gasteiger partial charge in [-0.3, -0.25) is 0 Å². The largest absolute Gasteiger partial charge is 0.412 e. The average molecular weight is 205 g/mol. The smallest absolute Gasteiger partial charge is 0.00461 e. The minimum atomic E-state index is 0. The Morgan fingerprint density at radius 2 is 0.778 bits per heavy atom. The van der Waals surface area contributed by atoms with Crippen LogP contribution in [0.25, 0.3) is 0 Å². The second kappa shape index (κ2) is 83.5. The molecule has 0 aromatic carbocycles. The third-order valence-corrected chi connectivity index (χ3v) is 0.167. The van der Waals surface area contributed by atoms with Gasteiger partial charge in [0.2, 0.25) is 0 Å². The molecule has 0 aromatic heterocycles. The Labute approximate surface area is 64.8 Å². The van der Waals surface area contributed by atoms with E-state index in [9.17, 15) is 0 Å². The summed E-state index contributed by atoms with van der Waals surface area (Å²) < 4.78 is 0. The van der Waals surface area contributed by atoms with Crippen LogP contribution in [0.4, 0.5) is 0 Å². The SMILES string of the molecule is NCCN.O.O.O.O.[Ge]. The molecule has 0 spiro atoms. The first kappa shape index (κ1) is 58.8. The van der Waals surface area contributed by atoms with E-state index in [0.717, 1.165) is 0 Å². The molecule has 0 aliphatic carbocycles. The molecule has 0 heterocycles. The van der Waals surface area contributed by atoms with Crippen molar-refractivity contribution in [2.45, 2.75) is 0 Å². The molecule has 0 amide bonds. The monoisotopic (exact) mass is 206 g/mol. The zero-order chi connectivity index (χ0) is 3.41. The van der Waals surface area contributed by atoms with E-state index < -0.39 is 0 Å². The van der Waals surface area contributed by atoms with E-state index in [2.05, 4.69) is 0 Å². The Hall–Kier alpha value is 0.303. The molecule has 9 heavy (non-hydrogen) atoms. The van der Waals surface area contributed by atoms with Crippen molar-refractivity contribution in [3.63, 3.8) is 0 Å². The Kier molecular flexibility index (Phi) is 545. The fourth-order valence-electron chi connectivity index (χ4n) is 0. The van der Waals surface area contributed by atoms with E-state index in [-0.39, 0.29) is 39.5 Å². The molecule has 0 saturated heterocycles. The zero-order valence-corrected chi connectivity index (χ0v) is 7.17. The van der Waals surface area contributed by atoms with Crippen LogP contribution in [0.5, 0.6) is 0 Å². The van der Waals surface area contributed by atoms with Gasteiger partial charge in [0, 0.05) is 30.7 Å². The van der Waals surface area contributed by atoms with Crippen molar-refractivity contribution in [3.8, 4) is 0 Å². The number of nitrogens with two attached hydrogens (primary N) is 2. The van der Waals surface area contributed by atoms with Gasteiger partial charge in [-0.25, -0.2) is 0 Å². The number of rotatable bonds is 1. The summed E-state index contributed by atoms with van der Waals surface area (Å²) in [5.74, 6) is 0. The van der Waals surface area contributed by atoms with E-state index in [4.69, 9.17) is 11.5 Å². The van der Waals surface area contributed by atoms with Crippen molar-refractivity contribution >= 4 is 17.6 Å². The molecular formula is C2H16GeN2O4. The van der Waals surface area contributed by atoms with Crippen molar-refractivity contribution in [1.29, 1.82) is 0 Å². The second-order valence-electron chi connectivity index (χ2n) is 0.577. The van der Waals surface area contributed by atoms with E-state index in [1.807, 2.05) is 0 Å². The van der Waals surface area contributed by atoms with Crippen LogP contribution >= 0.6 is 0 Å². The molecule has 6 nitrogen and oxygen atoms in total. The average Bonchev–Trinajstić information content (AvgIpc) is 1.37. The van der Waals surface area contributed by atoms with E-state index in [0.29, 0.717) is 13.1 Å². The predicted octanol–water partition coefficient (Wildman–Crippen LogP) is -4.78. The Morgan fingerprint density at radius 1 is 0.667 bits per heavy atom. The van der Waals surface area contributed by atoms with Crippen LogP contribution in [0.2, 0.25) is 0 Å². The van der Waals surface area contributed by atoms with Crippen molar-refractivity contribution in [2.24, 2.45) is 11.5 Å². The van der Waals surface area contributed by atoms with Gasteiger partial charge in [-0.1, -0.05) is 0 Å². The molecule has 7 heteroatoms. The van der Waals surface area contributed by atoms with Crippen LogP contribution < -0.4 is 11.5 Å². The fourth-order valence-corrected chi connectivity index (χ4v) is 0. The Balaban J connectivity index is -0.00000000450. The van der Waals surface area contributed by atoms with Crippen LogP contribution in [0.15, 0.2) is 0 Å². The van der Waals surface area contributed by atoms with Crippen LogP contribution in [0, 0.1) is 0 Å². The standard InChI is InChI=1S/C2H8N2.Ge.4H2O/c3-1-2-4;;;;;/h1-4H2;;4*1H2. The minimum Gasteiger partial charge on any atom is -0.412 e. The third-order valence-electron chi connectivity index (χ3n) is 0.167. The topological polar surface area (TPSA) is 178 Å². The van der Waals surface area contributed by atoms with Crippen molar-refractivity contribution < 1.29 is 21.9 Å². The van der Waals surface area contributed by atoms with Crippen LogP contribution in [0.1, 0.15) is 0 Å². The molecule has 0 aliphatic heterocycles. The molecule has 0 atom stereocenters. The van der Waals surface area contributed by atoms with Gasteiger partial charge in [0.25, 0.3) is 0 Å². The molecular weight excluding hydrogens is 189 g/mol. The summed E-state index contributed by atoms with van der Waals surface area (Å²) in [6.07, 6.45) is 0. The third kappa shape index (κ3) is 194. The van der Waals surface area contributed by atoms with Gasteiger partial charge in [0.05, 0.1) is 0 Å². The summed E-state index contributed by atoms with van der Waals surface area (Å²) in [6.45, 7) is 1.19. The van der Waals surface area contributed by atoms with Crippen molar-refractivity contribution in [2.75, 3.05) is 13.1 Å². The summed E-state index contributed by atoms with van der Waals surface area (Å²) in [5, 5.41) is 0. The van der Waals surface area contributed by atoms with Gasteiger partial charge in [0.15, 0.2) is 0 Å². The van der Waals surface area contributed by atoms with Crippen molar-refractivity contribution in [3.05, 3.63) is 0 Å². The molecule has 0 unspecified atom stereocenters. The Morgan fingerprint density at radius 3 is 0.778 bits per heavy atom. The summed E-state index contributed by atoms with van der Waals surface area (Å²) in [6, 6.07) is 0. The molecule has 62 valence electrons. The molecule has 0 aromatic rings. The van der Waals surface area contributed by atoms with Crippen LogP contribution in [-0.4, -0.2) is 52.6 Å². The molecule has 12 N–H and O–H groups in total. The molecule has 0 fully saturated rings. The number of hydrogen-bond acceptors (Lipinski definition) is 2. The maximum absolute atomic E-state index is 4.90. The minimum absolute atomic E-state index is 0. The molecule has 0 rings (SSSR count). The maximum atomic E-state index is 4.90. The maximum Gasteiger partial charge on any atom is 0.00461 e. The van der Waals surface area contributed by atoms with Gasteiger partial charge >= 0.3 is 0 Å². The summed E-state index contributed by atoms with van der Waals surface area (Å²) in [4.78, 5) is 0. The van der Waals surface area contributed by atoms with E-state index in [1.54, 1.807) is 0 Å². The zero-order valence-electron chi connectivity index (χ0n) is 5.07. The van der Waals surface area contributed by atoms with Gasteiger partial charge in [-0.05, 0) is 0 Å².